The maximum absolute atomic E-state index is 8.78. The highest BCUT2D eigenvalue weighted by molar-refractivity contribution is 7.27. The van der Waals surface area contributed by atoms with Crippen LogP contribution in [0.3, 0.4) is 0 Å². The lowest BCUT2D eigenvalue weighted by Gasteiger charge is -2.12. The minimum Gasteiger partial charge on any atom is -0.276 e. The first-order valence-electron chi connectivity index (χ1n) is 30.8. The summed E-state index contributed by atoms with van der Waals surface area (Å²) in [5.74, 6) is 0.608. The second-order valence-electron chi connectivity index (χ2n) is 22.6. The highest BCUT2D eigenvalue weighted by atomic mass is 35.5. The van der Waals surface area contributed by atoms with E-state index in [1.165, 1.54) is 116 Å². The summed E-state index contributed by atoms with van der Waals surface area (Å²) in [6.45, 7) is 0. The summed E-state index contributed by atoms with van der Waals surface area (Å²) in [6, 6.07) is 93.6. The molecule has 0 atom stereocenters. The molecule has 0 unspecified atom stereocenters. The minimum atomic E-state index is 0.201. The highest BCUT2D eigenvalue weighted by Gasteiger charge is 2.29. The SMILES string of the molecule is [2H]c1ccccc1-c1nc(-n2c3ccc4ccccc4c3c3c4ccccc4c4c5ccccc5sc4c32)nc2ccccc12.[2H]c1ccccc1-c1nc(Cl)nc2ccccc12.c1ccc2c3c(ccc2c1)Cc1c-3c2ccccc2c2c1sc1ccccc12. The third-order valence-electron chi connectivity index (χ3n) is 17.7. The van der Waals surface area contributed by atoms with Gasteiger partial charge in [0.2, 0.25) is 11.2 Å². The van der Waals surface area contributed by atoms with Crippen LogP contribution < -0.4 is 0 Å². The van der Waals surface area contributed by atoms with Crippen LogP contribution in [0.4, 0.5) is 0 Å². The molecule has 0 N–H and O–H groups in total. The Hall–Kier alpha value is -10.7. The molecule has 19 aromatic rings. The monoisotopic (exact) mass is 1190 g/mol. The van der Waals surface area contributed by atoms with Crippen LogP contribution in [0.2, 0.25) is 5.28 Å². The Bertz CT molecular complexity index is 6270. The lowest BCUT2D eigenvalue weighted by Crippen LogP contribution is -2.03. The summed E-state index contributed by atoms with van der Waals surface area (Å²) in [6.07, 6.45) is 1.03. The van der Waals surface area contributed by atoms with Crippen LogP contribution in [-0.2, 0) is 6.42 Å². The molecule has 0 saturated heterocycles. The van der Waals surface area contributed by atoms with Gasteiger partial charge in [0, 0.05) is 74.7 Å². The van der Waals surface area contributed by atoms with Crippen molar-refractivity contribution >= 4 is 161 Å². The molecule has 5 nitrogen and oxygen atoms in total. The number of rotatable bonds is 3. The average Bonchev–Trinajstić information content (AvgIpc) is 1.53. The standard InChI is InChI=1S/C40H23N3S.C27H16S.C14H9ClN2/c1-2-13-25(14-3-1)37-29-18-8-10-20-31(29)41-40(42-37)43-32-23-22-24-12-4-5-15-26(24)35(32)36-28-17-7-6-16-27(28)34-30-19-9-11-21-33(30)44-39(34)38(36)43;1-2-8-18-16(7-1)13-14-17-15-22-25(24(17)18)19-9-3-4-10-20(19)26-21-11-5-6-12-23(21)28-27(22)26;15-14-16-12-9-5-4-8-11(12)13(17-14)10-6-2-1-3-7-10/h1-23H;1-14H,15H2;1-9H/i13D;;6D. The Labute approximate surface area is 526 Å². The second-order valence-corrected chi connectivity index (χ2v) is 25.0. The molecule has 1 aliphatic rings. The van der Waals surface area contributed by atoms with Gasteiger partial charge in [0.25, 0.3) is 0 Å². The minimum absolute atomic E-state index is 0.201. The summed E-state index contributed by atoms with van der Waals surface area (Å²) in [5.41, 5.74) is 12.7. The van der Waals surface area contributed by atoms with Crippen LogP contribution in [0.25, 0.3) is 167 Å². The molecule has 0 saturated carbocycles. The zero-order valence-corrected chi connectivity index (χ0v) is 49.9. The van der Waals surface area contributed by atoms with Crippen molar-refractivity contribution in [3.05, 3.63) is 295 Å². The number of halogens is 1. The first-order chi connectivity index (χ1) is 44.9. The van der Waals surface area contributed by atoms with Crippen molar-refractivity contribution in [2.24, 2.45) is 0 Å². The van der Waals surface area contributed by atoms with E-state index < -0.39 is 0 Å². The molecular formula is C81H48ClN5S2. The largest absolute Gasteiger partial charge is 0.276 e. The Morgan fingerprint density at radius 3 is 1.51 bits per heavy atom. The van der Waals surface area contributed by atoms with Crippen LogP contribution in [0.1, 0.15) is 13.9 Å². The van der Waals surface area contributed by atoms with E-state index in [1.807, 2.05) is 108 Å². The molecule has 416 valence electrons. The molecule has 0 spiro atoms. The third-order valence-corrected chi connectivity index (χ3v) is 20.3. The lowest BCUT2D eigenvalue weighted by molar-refractivity contribution is 1.02. The molecule has 1 aliphatic carbocycles. The fourth-order valence-electron chi connectivity index (χ4n) is 14.0. The van der Waals surface area contributed by atoms with Gasteiger partial charge in [-0.05, 0) is 107 Å². The van der Waals surface area contributed by atoms with Crippen LogP contribution in [-0.4, -0.2) is 24.5 Å². The van der Waals surface area contributed by atoms with Gasteiger partial charge in [-0.1, -0.05) is 249 Å². The number of hydrogen-bond acceptors (Lipinski definition) is 6. The van der Waals surface area contributed by atoms with Crippen molar-refractivity contribution in [1.82, 2.24) is 24.5 Å². The van der Waals surface area contributed by atoms with Crippen molar-refractivity contribution in [2.75, 3.05) is 0 Å². The maximum Gasteiger partial charge on any atom is 0.235 e. The summed E-state index contributed by atoms with van der Waals surface area (Å²) in [5, 5.41) is 20.2. The predicted octanol–water partition coefficient (Wildman–Crippen LogP) is 23.0. The molecule has 0 aliphatic heterocycles. The fourth-order valence-corrected chi connectivity index (χ4v) is 16.7. The van der Waals surface area contributed by atoms with E-state index >= 15 is 0 Å². The van der Waals surface area contributed by atoms with E-state index in [9.17, 15) is 0 Å². The van der Waals surface area contributed by atoms with Gasteiger partial charge in [-0.2, -0.15) is 0 Å². The topological polar surface area (TPSA) is 56.5 Å². The van der Waals surface area contributed by atoms with E-state index in [0.29, 0.717) is 23.7 Å². The van der Waals surface area contributed by atoms with E-state index in [2.05, 4.69) is 190 Å². The van der Waals surface area contributed by atoms with Gasteiger partial charge in [0.15, 0.2) is 0 Å². The molecule has 5 aromatic heterocycles. The normalized spacial score (nSPS) is 12.4. The number of hydrogen-bond donors (Lipinski definition) is 0. The van der Waals surface area contributed by atoms with E-state index in [0.717, 1.165) is 56.1 Å². The Balaban J connectivity index is 0.000000113. The van der Waals surface area contributed by atoms with Crippen LogP contribution >= 0.6 is 34.3 Å². The van der Waals surface area contributed by atoms with Gasteiger partial charge < -0.3 is 0 Å². The molecule has 8 heteroatoms. The zero-order chi connectivity index (χ0) is 60.4. The van der Waals surface area contributed by atoms with Crippen molar-refractivity contribution in [3.63, 3.8) is 0 Å². The molecule has 14 aromatic carbocycles. The van der Waals surface area contributed by atoms with Crippen molar-refractivity contribution in [3.8, 4) is 39.6 Å². The third kappa shape index (κ3) is 8.20. The predicted molar refractivity (Wildman–Crippen MR) is 380 cm³/mol. The highest BCUT2D eigenvalue weighted by Crippen LogP contribution is 2.53. The zero-order valence-electron chi connectivity index (χ0n) is 49.5. The number of nitrogens with zero attached hydrogens (tertiary/aromatic N) is 5. The van der Waals surface area contributed by atoms with Gasteiger partial charge in [-0.15, -0.1) is 22.7 Å². The van der Waals surface area contributed by atoms with Crippen LogP contribution in [0.5, 0.6) is 0 Å². The quantitative estimate of drug-likeness (QED) is 0.165. The number of para-hydroxylation sites is 2. The number of aromatic nitrogens is 5. The lowest BCUT2D eigenvalue weighted by atomic mass is 9.92. The number of benzene rings is 14. The van der Waals surface area contributed by atoms with Gasteiger partial charge in [-0.25, -0.2) is 19.9 Å². The first kappa shape index (κ1) is 49.4. The summed E-state index contributed by atoms with van der Waals surface area (Å²) >= 11 is 9.74. The van der Waals surface area contributed by atoms with Gasteiger partial charge in [0.05, 0.1) is 40.9 Å². The number of fused-ring (bicyclic) bond motifs is 26. The van der Waals surface area contributed by atoms with E-state index in [4.69, 9.17) is 24.3 Å². The van der Waals surface area contributed by atoms with E-state index in [-0.39, 0.29) is 5.28 Å². The van der Waals surface area contributed by atoms with Crippen molar-refractivity contribution < 1.29 is 2.74 Å². The van der Waals surface area contributed by atoms with Crippen LogP contribution in [0.15, 0.2) is 279 Å². The van der Waals surface area contributed by atoms with Crippen molar-refractivity contribution in [2.45, 2.75) is 6.42 Å². The molecular weight excluding hydrogens is 1140 g/mol. The molecule has 0 bridgehead atoms. The summed E-state index contributed by atoms with van der Waals surface area (Å²) < 4.78 is 24.3. The Kier molecular flexibility index (Phi) is 11.5. The van der Waals surface area contributed by atoms with Gasteiger partial charge >= 0.3 is 0 Å². The molecule has 0 amide bonds. The van der Waals surface area contributed by atoms with Gasteiger partial charge in [0.1, 0.15) is 0 Å². The average molecular weight is 1190 g/mol. The smallest absolute Gasteiger partial charge is 0.235 e. The Morgan fingerprint density at radius 2 is 0.843 bits per heavy atom. The molecule has 5 heterocycles. The maximum atomic E-state index is 8.78. The molecule has 0 radical (unpaired) electrons. The fraction of sp³-hybridized carbons (Fsp3) is 0.0123. The Morgan fingerprint density at radius 1 is 0.360 bits per heavy atom. The first-order valence-corrected chi connectivity index (χ1v) is 31.8. The second kappa shape index (κ2) is 20.8. The number of thiophene rings is 2. The van der Waals surface area contributed by atoms with E-state index in [1.54, 1.807) is 6.07 Å². The molecule has 89 heavy (non-hydrogen) atoms. The van der Waals surface area contributed by atoms with Gasteiger partial charge in [-0.3, -0.25) is 4.57 Å². The summed E-state index contributed by atoms with van der Waals surface area (Å²) in [4.78, 5) is 19.0. The molecule has 0 fully saturated rings. The van der Waals surface area contributed by atoms with Crippen molar-refractivity contribution in [1.29, 1.82) is 0 Å². The van der Waals surface area contributed by atoms with Crippen LogP contribution in [0, 0.1) is 0 Å². The summed E-state index contributed by atoms with van der Waals surface area (Å²) in [7, 11) is 0. The molecule has 20 rings (SSSR count).